The van der Waals surface area contributed by atoms with Gasteiger partial charge in [0.05, 0.1) is 12.0 Å². The molecule has 7 nitrogen and oxygen atoms in total. The molecule has 0 amide bonds. The molecule has 0 fully saturated rings. The van der Waals surface area contributed by atoms with Crippen molar-refractivity contribution in [1.82, 2.24) is 24.5 Å². The number of hydrogen-bond donors (Lipinski definition) is 3. The van der Waals surface area contributed by atoms with Gasteiger partial charge in [-0.2, -0.15) is 0 Å². The molecule has 0 radical (unpaired) electrons. The zero-order chi connectivity index (χ0) is 17.3. The van der Waals surface area contributed by atoms with E-state index in [-0.39, 0.29) is 27.7 Å². The Bertz CT molecular complexity index is 1090. The minimum absolute atomic E-state index is 0.179. The van der Waals surface area contributed by atoms with E-state index in [1.54, 1.807) is 18.5 Å². The predicted molar refractivity (Wildman–Crippen MR) is 92.2 cm³/mol. The van der Waals surface area contributed by atoms with Crippen LogP contribution < -0.4 is 21.8 Å². The Morgan fingerprint density at radius 3 is 2.38 bits per heavy atom. The van der Waals surface area contributed by atoms with Crippen molar-refractivity contribution in [3.8, 4) is 0 Å². The summed E-state index contributed by atoms with van der Waals surface area (Å²) in [5.74, 6) is 0.231. The van der Waals surface area contributed by atoms with Gasteiger partial charge in [-0.3, -0.25) is 9.59 Å². The first-order valence-corrected chi connectivity index (χ1v) is 7.66. The van der Waals surface area contributed by atoms with Crippen molar-refractivity contribution in [2.75, 3.05) is 0 Å². The van der Waals surface area contributed by atoms with Crippen molar-refractivity contribution < 1.29 is 0 Å². The molecule has 0 unspecified atom stereocenters. The molecule has 0 aliphatic rings. The molecular weight excluding hydrogens is 306 g/mol. The molecule has 3 N–H and O–H groups in total. The summed E-state index contributed by atoms with van der Waals surface area (Å²) in [4.78, 5) is 37.1. The van der Waals surface area contributed by atoms with E-state index in [2.05, 4.69) is 19.9 Å². The molecular formula is C17H19N5O2. The van der Waals surface area contributed by atoms with E-state index in [1.165, 1.54) is 0 Å². The average molecular weight is 325 g/mol. The van der Waals surface area contributed by atoms with Gasteiger partial charge < -0.3 is 19.5 Å². The summed E-state index contributed by atoms with van der Waals surface area (Å²) in [6.07, 6.45) is 6.66. The molecule has 24 heavy (non-hydrogen) atoms. The first-order valence-electron chi connectivity index (χ1n) is 7.66. The van der Waals surface area contributed by atoms with Crippen LogP contribution in [0.5, 0.6) is 0 Å². The second kappa shape index (κ2) is 6.19. The van der Waals surface area contributed by atoms with Gasteiger partial charge in [-0.05, 0) is 30.2 Å². The highest BCUT2D eigenvalue weighted by Gasteiger charge is 2.07. The van der Waals surface area contributed by atoms with E-state index in [4.69, 9.17) is 0 Å². The van der Waals surface area contributed by atoms with E-state index in [0.717, 1.165) is 11.4 Å². The standard InChI is InChI=1S/C17H19N5O2/c1-10(2)15-12(18-9-19-15)8-14-17(24)20-13(16(23)21-14)7-11-5-4-6-22(11)3/h4-10H,1-3H3,(H,18,19)(H,20,24)(H,21,23)/b13-7-,14-8-. The molecule has 3 aromatic rings. The fourth-order valence-electron chi connectivity index (χ4n) is 2.50. The number of H-pyrrole nitrogens is 3. The highest BCUT2D eigenvalue weighted by Crippen LogP contribution is 2.14. The van der Waals surface area contributed by atoms with Gasteiger partial charge in [-0.1, -0.05) is 13.8 Å². The normalized spacial score (nSPS) is 13.2. The molecule has 7 heteroatoms. The summed E-state index contributed by atoms with van der Waals surface area (Å²) < 4.78 is 1.86. The van der Waals surface area contributed by atoms with E-state index in [0.29, 0.717) is 5.69 Å². The van der Waals surface area contributed by atoms with E-state index >= 15 is 0 Å². The van der Waals surface area contributed by atoms with Gasteiger partial charge in [-0.15, -0.1) is 0 Å². The lowest BCUT2D eigenvalue weighted by molar-refractivity contribution is 0.829. The molecule has 0 atom stereocenters. The molecule has 0 aliphatic heterocycles. The van der Waals surface area contributed by atoms with Gasteiger partial charge >= 0.3 is 0 Å². The van der Waals surface area contributed by atoms with Gasteiger partial charge in [-0.25, -0.2) is 4.98 Å². The number of nitrogens with zero attached hydrogens (tertiary/aromatic N) is 2. The molecule has 0 spiro atoms. The first-order chi connectivity index (χ1) is 11.5. The number of aromatic nitrogens is 5. The largest absolute Gasteiger partial charge is 0.351 e. The van der Waals surface area contributed by atoms with Crippen molar-refractivity contribution >= 4 is 12.2 Å². The summed E-state index contributed by atoms with van der Waals surface area (Å²) in [5.41, 5.74) is 1.65. The average Bonchev–Trinajstić information content (AvgIpc) is 3.14. The second-order valence-corrected chi connectivity index (χ2v) is 5.92. The fourth-order valence-corrected chi connectivity index (χ4v) is 2.50. The highest BCUT2D eigenvalue weighted by molar-refractivity contribution is 5.47. The smallest absolute Gasteiger partial charge is 0.272 e. The topological polar surface area (TPSA) is 99.3 Å². The van der Waals surface area contributed by atoms with Gasteiger partial charge in [0, 0.05) is 24.6 Å². The van der Waals surface area contributed by atoms with Crippen molar-refractivity contribution in [3.63, 3.8) is 0 Å². The highest BCUT2D eigenvalue weighted by atomic mass is 16.1. The minimum atomic E-state index is -0.368. The molecule has 3 rings (SSSR count). The number of aromatic amines is 3. The predicted octanol–water partition coefficient (Wildman–Crippen LogP) is -0.0942. The molecule has 0 bridgehead atoms. The summed E-state index contributed by atoms with van der Waals surface area (Å²) in [5, 5.41) is 0.392. The molecule has 124 valence electrons. The van der Waals surface area contributed by atoms with Crippen molar-refractivity contribution in [2.45, 2.75) is 19.8 Å². The summed E-state index contributed by atoms with van der Waals surface area (Å²) in [6.45, 7) is 4.05. The van der Waals surface area contributed by atoms with Gasteiger partial charge in [0.1, 0.15) is 10.7 Å². The Labute approximate surface area is 137 Å². The Balaban J connectivity index is 2.15. The minimum Gasteiger partial charge on any atom is -0.351 e. The summed E-state index contributed by atoms with van der Waals surface area (Å²) in [6, 6.07) is 3.72. The maximum atomic E-state index is 12.3. The van der Waals surface area contributed by atoms with Crippen LogP contribution in [0.2, 0.25) is 0 Å². The maximum Gasteiger partial charge on any atom is 0.272 e. The Kier molecular flexibility index (Phi) is 4.07. The van der Waals surface area contributed by atoms with Crippen LogP contribution in [0.4, 0.5) is 0 Å². The summed E-state index contributed by atoms with van der Waals surface area (Å²) >= 11 is 0. The first kappa shape index (κ1) is 15.8. The number of aryl methyl sites for hydroxylation is 1. The number of hydrogen-bond acceptors (Lipinski definition) is 3. The molecule has 0 saturated carbocycles. The third-order valence-corrected chi connectivity index (χ3v) is 3.82. The van der Waals surface area contributed by atoms with Crippen LogP contribution in [0.1, 0.15) is 36.8 Å². The number of imidazole rings is 1. The molecule has 0 saturated heterocycles. The lowest BCUT2D eigenvalue weighted by Crippen LogP contribution is -2.46. The quantitative estimate of drug-likeness (QED) is 0.627. The Morgan fingerprint density at radius 1 is 1.12 bits per heavy atom. The fraction of sp³-hybridized carbons (Fsp3) is 0.235. The third-order valence-electron chi connectivity index (χ3n) is 3.82. The number of rotatable bonds is 3. The monoisotopic (exact) mass is 325 g/mol. The molecule has 0 aliphatic carbocycles. The van der Waals surface area contributed by atoms with Crippen LogP contribution in [-0.4, -0.2) is 24.5 Å². The van der Waals surface area contributed by atoms with Gasteiger partial charge in [0.25, 0.3) is 11.1 Å². The van der Waals surface area contributed by atoms with Crippen LogP contribution in [0.15, 0.2) is 34.2 Å². The van der Waals surface area contributed by atoms with E-state index < -0.39 is 0 Å². The lowest BCUT2D eigenvalue weighted by Gasteiger charge is -2.01. The number of nitrogens with one attached hydrogen (secondary N) is 3. The van der Waals surface area contributed by atoms with Crippen LogP contribution in [-0.2, 0) is 7.05 Å². The van der Waals surface area contributed by atoms with Gasteiger partial charge in [0.15, 0.2) is 0 Å². The van der Waals surface area contributed by atoms with E-state index in [1.807, 2.05) is 43.8 Å². The van der Waals surface area contributed by atoms with Crippen molar-refractivity contribution in [1.29, 1.82) is 0 Å². The van der Waals surface area contributed by atoms with Crippen LogP contribution in [0.3, 0.4) is 0 Å². The van der Waals surface area contributed by atoms with Crippen LogP contribution in [0, 0.1) is 0 Å². The SMILES string of the molecule is CC(C)c1[nH]cnc1/C=c1\[nH]c(=O)/c(=C/c2cccn2C)[nH]c1=O. The zero-order valence-electron chi connectivity index (χ0n) is 13.8. The zero-order valence-corrected chi connectivity index (χ0v) is 13.8. The van der Waals surface area contributed by atoms with Crippen molar-refractivity contribution in [2.24, 2.45) is 7.05 Å². The van der Waals surface area contributed by atoms with Crippen LogP contribution >= 0.6 is 0 Å². The maximum absolute atomic E-state index is 12.3. The molecule has 3 aromatic heterocycles. The molecule has 0 aromatic carbocycles. The lowest BCUT2D eigenvalue weighted by atomic mass is 10.1. The van der Waals surface area contributed by atoms with Gasteiger partial charge in [0.2, 0.25) is 0 Å². The van der Waals surface area contributed by atoms with Crippen molar-refractivity contribution in [3.05, 3.63) is 73.1 Å². The second-order valence-electron chi connectivity index (χ2n) is 5.92. The van der Waals surface area contributed by atoms with Crippen LogP contribution in [0.25, 0.3) is 12.2 Å². The van der Waals surface area contributed by atoms with E-state index in [9.17, 15) is 9.59 Å². The Hall–Kier alpha value is -3.09. The summed E-state index contributed by atoms with van der Waals surface area (Å²) in [7, 11) is 1.87. The third kappa shape index (κ3) is 3.01. The Morgan fingerprint density at radius 2 is 1.79 bits per heavy atom. The molecule has 3 heterocycles.